The number of rotatable bonds is 6. The second-order valence-electron chi connectivity index (χ2n) is 5.62. The molecule has 1 aliphatic rings. The van der Waals surface area contributed by atoms with Gasteiger partial charge in [0, 0.05) is 37.7 Å². The maximum Gasteiger partial charge on any atom is 0.252 e. The van der Waals surface area contributed by atoms with Crippen LogP contribution in [0.5, 0.6) is 0 Å². The van der Waals surface area contributed by atoms with E-state index in [0.29, 0.717) is 29.9 Å². The summed E-state index contributed by atoms with van der Waals surface area (Å²) in [6.07, 6.45) is 1.79. The molecule has 1 aliphatic heterocycles. The standard InChI is InChI=1S/C14H24N2O3S2/c1-11(2)15-9-13-6-7-14(20-13)21(17,18)16-8-4-5-12(10-16)19-3/h6-7,11-12,15H,4-5,8-10H2,1-3H3. The highest BCUT2D eigenvalue weighted by molar-refractivity contribution is 7.91. The molecular formula is C14H24N2O3S2. The molecule has 0 radical (unpaired) electrons. The zero-order valence-corrected chi connectivity index (χ0v) is 14.5. The van der Waals surface area contributed by atoms with Crippen LogP contribution in [0.1, 0.15) is 31.6 Å². The number of thiophene rings is 1. The minimum Gasteiger partial charge on any atom is -0.380 e. The van der Waals surface area contributed by atoms with Gasteiger partial charge < -0.3 is 10.1 Å². The Morgan fingerprint density at radius 2 is 2.24 bits per heavy atom. The highest BCUT2D eigenvalue weighted by Gasteiger charge is 2.31. The molecule has 2 rings (SSSR count). The third-order valence-electron chi connectivity index (χ3n) is 3.59. The van der Waals surface area contributed by atoms with Crippen molar-refractivity contribution in [3.8, 4) is 0 Å². The molecule has 1 N–H and O–H groups in total. The predicted molar refractivity (Wildman–Crippen MR) is 85.1 cm³/mol. The van der Waals surface area contributed by atoms with Crippen molar-refractivity contribution < 1.29 is 13.2 Å². The van der Waals surface area contributed by atoms with E-state index in [-0.39, 0.29) is 6.10 Å². The van der Waals surface area contributed by atoms with E-state index in [9.17, 15) is 8.42 Å². The Kier molecular flexibility index (Phi) is 5.79. The van der Waals surface area contributed by atoms with Crippen molar-refractivity contribution in [2.24, 2.45) is 0 Å². The normalized spacial score (nSPS) is 21.0. The van der Waals surface area contributed by atoms with Crippen molar-refractivity contribution in [1.29, 1.82) is 0 Å². The molecule has 1 aromatic rings. The van der Waals surface area contributed by atoms with Crippen LogP contribution < -0.4 is 5.32 Å². The third kappa shape index (κ3) is 4.26. The van der Waals surface area contributed by atoms with Crippen molar-refractivity contribution in [3.05, 3.63) is 17.0 Å². The largest absolute Gasteiger partial charge is 0.380 e. The zero-order chi connectivity index (χ0) is 15.5. The molecule has 5 nitrogen and oxygen atoms in total. The van der Waals surface area contributed by atoms with Crippen LogP contribution in [0.25, 0.3) is 0 Å². The fourth-order valence-corrected chi connectivity index (χ4v) is 5.31. The fourth-order valence-electron chi connectivity index (χ4n) is 2.34. The lowest BCUT2D eigenvalue weighted by Crippen LogP contribution is -2.42. The topological polar surface area (TPSA) is 58.6 Å². The Morgan fingerprint density at radius 1 is 1.48 bits per heavy atom. The molecule has 1 fully saturated rings. The van der Waals surface area contributed by atoms with E-state index in [1.165, 1.54) is 11.3 Å². The summed E-state index contributed by atoms with van der Waals surface area (Å²) >= 11 is 1.35. The minimum absolute atomic E-state index is 0.00978. The van der Waals surface area contributed by atoms with Gasteiger partial charge in [0.15, 0.2) is 0 Å². The lowest BCUT2D eigenvalue weighted by Gasteiger charge is -2.30. The number of nitrogens with one attached hydrogen (secondary N) is 1. The molecule has 1 saturated heterocycles. The van der Waals surface area contributed by atoms with E-state index in [0.717, 1.165) is 17.7 Å². The Morgan fingerprint density at radius 3 is 2.90 bits per heavy atom. The number of sulfonamides is 1. The van der Waals surface area contributed by atoms with Gasteiger partial charge in [-0.05, 0) is 25.0 Å². The Labute approximate surface area is 131 Å². The molecule has 1 atom stereocenters. The van der Waals surface area contributed by atoms with Gasteiger partial charge in [-0.3, -0.25) is 0 Å². The molecule has 0 aromatic carbocycles. The highest BCUT2D eigenvalue weighted by Crippen LogP contribution is 2.27. The maximum atomic E-state index is 12.7. The molecule has 0 saturated carbocycles. The van der Waals surface area contributed by atoms with Gasteiger partial charge in [-0.15, -0.1) is 11.3 Å². The zero-order valence-electron chi connectivity index (χ0n) is 12.8. The summed E-state index contributed by atoms with van der Waals surface area (Å²) in [5.41, 5.74) is 0. The monoisotopic (exact) mass is 332 g/mol. The Balaban J connectivity index is 2.08. The summed E-state index contributed by atoms with van der Waals surface area (Å²) in [7, 11) is -1.74. The molecule has 2 heterocycles. The summed E-state index contributed by atoms with van der Waals surface area (Å²) in [6.45, 7) is 5.89. The first-order chi connectivity index (χ1) is 9.93. The molecule has 0 bridgehead atoms. The van der Waals surface area contributed by atoms with Gasteiger partial charge in [-0.1, -0.05) is 13.8 Å². The molecule has 0 aliphatic carbocycles. The number of hydrogen-bond donors (Lipinski definition) is 1. The van der Waals surface area contributed by atoms with Crippen LogP contribution in [0.4, 0.5) is 0 Å². The second-order valence-corrected chi connectivity index (χ2v) is 8.95. The highest BCUT2D eigenvalue weighted by atomic mass is 32.2. The van der Waals surface area contributed by atoms with Crippen LogP contribution in [0.3, 0.4) is 0 Å². The maximum absolute atomic E-state index is 12.7. The van der Waals surface area contributed by atoms with Crippen LogP contribution in [0.15, 0.2) is 16.3 Å². The summed E-state index contributed by atoms with van der Waals surface area (Å²) in [5.74, 6) is 0. The van der Waals surface area contributed by atoms with Gasteiger partial charge in [0.25, 0.3) is 10.0 Å². The summed E-state index contributed by atoms with van der Waals surface area (Å²) < 4.78 is 32.6. The second kappa shape index (κ2) is 7.19. The fraction of sp³-hybridized carbons (Fsp3) is 0.714. The van der Waals surface area contributed by atoms with E-state index in [4.69, 9.17) is 4.74 Å². The number of methoxy groups -OCH3 is 1. The van der Waals surface area contributed by atoms with E-state index in [1.807, 2.05) is 6.07 Å². The van der Waals surface area contributed by atoms with E-state index in [2.05, 4.69) is 19.2 Å². The average Bonchev–Trinajstić information content (AvgIpc) is 2.95. The van der Waals surface area contributed by atoms with Crippen molar-refractivity contribution in [1.82, 2.24) is 9.62 Å². The summed E-state index contributed by atoms with van der Waals surface area (Å²) in [6, 6.07) is 4.00. The van der Waals surface area contributed by atoms with Gasteiger partial charge in [-0.25, -0.2) is 8.42 Å². The van der Waals surface area contributed by atoms with Gasteiger partial charge in [0.05, 0.1) is 6.10 Å². The van der Waals surface area contributed by atoms with Crippen LogP contribution >= 0.6 is 11.3 Å². The van der Waals surface area contributed by atoms with Gasteiger partial charge in [0.2, 0.25) is 0 Å². The van der Waals surface area contributed by atoms with E-state index >= 15 is 0 Å². The third-order valence-corrected chi connectivity index (χ3v) is 7.01. The number of ether oxygens (including phenoxy) is 1. The van der Waals surface area contributed by atoms with Crippen molar-refractivity contribution in [3.63, 3.8) is 0 Å². The number of nitrogens with zero attached hydrogens (tertiary/aromatic N) is 1. The van der Waals surface area contributed by atoms with Gasteiger partial charge >= 0.3 is 0 Å². The van der Waals surface area contributed by atoms with Gasteiger partial charge in [0.1, 0.15) is 4.21 Å². The summed E-state index contributed by atoms with van der Waals surface area (Å²) in [4.78, 5) is 1.04. The lowest BCUT2D eigenvalue weighted by molar-refractivity contribution is 0.0572. The first-order valence-corrected chi connectivity index (χ1v) is 9.54. The lowest BCUT2D eigenvalue weighted by atomic mass is 10.1. The SMILES string of the molecule is COC1CCCN(S(=O)(=O)c2ccc(CNC(C)C)s2)C1. The minimum atomic E-state index is -3.38. The molecular weight excluding hydrogens is 308 g/mol. The molecule has 1 aromatic heterocycles. The molecule has 0 spiro atoms. The predicted octanol–water partition coefficient (Wildman–Crippen LogP) is 2.05. The quantitative estimate of drug-likeness (QED) is 0.866. The molecule has 7 heteroatoms. The summed E-state index contributed by atoms with van der Waals surface area (Å²) in [5, 5.41) is 3.30. The van der Waals surface area contributed by atoms with Crippen molar-refractivity contribution >= 4 is 21.4 Å². The van der Waals surface area contributed by atoms with Crippen molar-refractivity contribution in [2.45, 2.75) is 49.6 Å². The smallest absolute Gasteiger partial charge is 0.252 e. The van der Waals surface area contributed by atoms with E-state index < -0.39 is 10.0 Å². The van der Waals surface area contributed by atoms with Gasteiger partial charge in [-0.2, -0.15) is 4.31 Å². The van der Waals surface area contributed by atoms with E-state index in [1.54, 1.807) is 17.5 Å². The first-order valence-electron chi connectivity index (χ1n) is 7.28. The van der Waals surface area contributed by atoms with Crippen LogP contribution in [0.2, 0.25) is 0 Å². The number of hydrogen-bond acceptors (Lipinski definition) is 5. The average molecular weight is 332 g/mol. The number of piperidine rings is 1. The molecule has 0 amide bonds. The Hall–Kier alpha value is -0.470. The molecule has 21 heavy (non-hydrogen) atoms. The molecule has 120 valence electrons. The molecule has 1 unspecified atom stereocenters. The van der Waals surface area contributed by atoms with Crippen LogP contribution in [-0.2, 0) is 21.3 Å². The first kappa shape index (κ1) is 16.9. The Bertz CT molecular complexity index is 554. The van der Waals surface area contributed by atoms with Crippen molar-refractivity contribution in [2.75, 3.05) is 20.2 Å². The van der Waals surface area contributed by atoms with Crippen LogP contribution in [-0.4, -0.2) is 45.1 Å². The van der Waals surface area contributed by atoms with Crippen LogP contribution in [0, 0.1) is 0 Å².